The van der Waals surface area contributed by atoms with Crippen LogP contribution in [0.25, 0.3) is 33.4 Å². The van der Waals surface area contributed by atoms with Gasteiger partial charge in [0.2, 0.25) is 0 Å². The molecule has 0 N–H and O–H groups in total. The molecule has 0 heteroatoms. The molecule has 28 heavy (non-hydrogen) atoms. The van der Waals surface area contributed by atoms with Crippen LogP contribution < -0.4 is 0 Å². The van der Waals surface area contributed by atoms with Crippen LogP contribution in [0.1, 0.15) is 26.3 Å². The van der Waals surface area contributed by atoms with E-state index in [0.29, 0.717) is 0 Å². The number of benzene rings is 4. The Balaban J connectivity index is 1.80. The van der Waals surface area contributed by atoms with Gasteiger partial charge in [0.05, 0.1) is 0 Å². The van der Waals surface area contributed by atoms with E-state index in [1.165, 1.54) is 38.9 Å². The lowest BCUT2D eigenvalue weighted by molar-refractivity contribution is 0.590. The quantitative estimate of drug-likeness (QED) is 0.346. The largest absolute Gasteiger partial charge is 0.0622 e. The molecular weight excluding hydrogens is 336 g/mol. The first kappa shape index (κ1) is 18.3. The van der Waals surface area contributed by atoms with Crippen LogP contribution in [-0.4, -0.2) is 0 Å². The molecular formula is C28H26. The van der Waals surface area contributed by atoms with E-state index in [1.807, 2.05) is 0 Å². The second kappa shape index (κ2) is 7.48. The molecule has 0 saturated heterocycles. The van der Waals surface area contributed by atoms with Crippen molar-refractivity contribution < 1.29 is 0 Å². The zero-order valence-corrected chi connectivity index (χ0v) is 16.8. The molecule has 0 saturated carbocycles. The van der Waals surface area contributed by atoms with Crippen molar-refractivity contribution in [2.75, 3.05) is 0 Å². The third kappa shape index (κ3) is 3.77. The Bertz CT molecular complexity index is 1080. The highest BCUT2D eigenvalue weighted by Gasteiger charge is 2.14. The predicted octanol–water partition coefficient (Wildman–Crippen LogP) is 7.99. The van der Waals surface area contributed by atoms with Gasteiger partial charge in [0, 0.05) is 0 Å². The van der Waals surface area contributed by atoms with E-state index in [2.05, 4.69) is 124 Å². The molecule has 0 aliphatic rings. The first-order valence-electron chi connectivity index (χ1n) is 9.88. The second-order valence-corrected chi connectivity index (χ2v) is 8.32. The van der Waals surface area contributed by atoms with E-state index in [4.69, 9.17) is 0 Å². The average Bonchev–Trinajstić information content (AvgIpc) is 2.74. The second-order valence-electron chi connectivity index (χ2n) is 8.32. The minimum atomic E-state index is 0.146. The van der Waals surface area contributed by atoms with Gasteiger partial charge in [0.15, 0.2) is 0 Å². The summed E-state index contributed by atoms with van der Waals surface area (Å²) in [6.45, 7) is 6.79. The molecule has 0 aromatic heterocycles. The highest BCUT2D eigenvalue weighted by atomic mass is 14.2. The number of hydrogen-bond acceptors (Lipinski definition) is 0. The average molecular weight is 363 g/mol. The third-order valence-electron chi connectivity index (χ3n) is 5.25. The Hall–Kier alpha value is -3.12. The molecule has 4 aromatic rings. The van der Waals surface area contributed by atoms with Gasteiger partial charge in [-0.1, -0.05) is 118 Å². The number of hydrogen-bond donors (Lipinski definition) is 0. The van der Waals surface area contributed by atoms with Crippen LogP contribution in [0.4, 0.5) is 0 Å². The Morgan fingerprint density at radius 2 is 0.929 bits per heavy atom. The Kier molecular flexibility index (Phi) is 4.88. The number of rotatable bonds is 3. The molecule has 0 unspecified atom stereocenters. The maximum absolute atomic E-state index is 2.32. The standard InChI is InChI=1S/C28H26/c1-28(2,3)25-16-10-14-23(20-25)22-13-9-15-24(19-22)27-18-8-7-17-26(27)21-11-5-4-6-12-21/h4-20H,1-3H3. The van der Waals surface area contributed by atoms with E-state index in [1.54, 1.807) is 0 Å². The molecule has 0 spiro atoms. The van der Waals surface area contributed by atoms with Crippen molar-refractivity contribution in [1.29, 1.82) is 0 Å². The van der Waals surface area contributed by atoms with Gasteiger partial charge in [-0.15, -0.1) is 0 Å². The fourth-order valence-electron chi connectivity index (χ4n) is 3.64. The van der Waals surface area contributed by atoms with Crippen LogP contribution in [-0.2, 0) is 5.41 Å². The van der Waals surface area contributed by atoms with E-state index in [9.17, 15) is 0 Å². The highest BCUT2D eigenvalue weighted by Crippen LogP contribution is 2.34. The topological polar surface area (TPSA) is 0 Å². The van der Waals surface area contributed by atoms with Gasteiger partial charge in [0.1, 0.15) is 0 Å². The molecule has 0 atom stereocenters. The fourth-order valence-corrected chi connectivity index (χ4v) is 3.64. The lowest BCUT2D eigenvalue weighted by atomic mass is 9.85. The summed E-state index contributed by atoms with van der Waals surface area (Å²) in [6.07, 6.45) is 0. The third-order valence-corrected chi connectivity index (χ3v) is 5.25. The Morgan fingerprint density at radius 1 is 0.429 bits per heavy atom. The van der Waals surface area contributed by atoms with Crippen molar-refractivity contribution >= 4 is 0 Å². The van der Waals surface area contributed by atoms with Crippen LogP contribution in [0.15, 0.2) is 103 Å². The Morgan fingerprint density at radius 3 is 1.61 bits per heavy atom. The monoisotopic (exact) mass is 362 g/mol. The molecule has 4 aromatic carbocycles. The minimum absolute atomic E-state index is 0.146. The van der Waals surface area contributed by atoms with Crippen molar-refractivity contribution in [2.24, 2.45) is 0 Å². The predicted molar refractivity (Wildman–Crippen MR) is 121 cm³/mol. The molecule has 0 radical (unpaired) electrons. The molecule has 0 heterocycles. The SMILES string of the molecule is CC(C)(C)c1cccc(-c2cccc(-c3ccccc3-c3ccccc3)c2)c1. The van der Waals surface area contributed by atoms with E-state index in [-0.39, 0.29) is 5.41 Å². The van der Waals surface area contributed by atoms with Crippen molar-refractivity contribution in [2.45, 2.75) is 26.2 Å². The minimum Gasteiger partial charge on any atom is -0.0622 e. The summed E-state index contributed by atoms with van der Waals surface area (Å²) in [7, 11) is 0. The van der Waals surface area contributed by atoms with Gasteiger partial charge < -0.3 is 0 Å². The first-order chi connectivity index (χ1) is 13.5. The highest BCUT2D eigenvalue weighted by molar-refractivity contribution is 5.85. The van der Waals surface area contributed by atoms with Gasteiger partial charge in [-0.2, -0.15) is 0 Å². The maximum atomic E-state index is 2.32. The first-order valence-corrected chi connectivity index (χ1v) is 9.88. The molecule has 0 aliphatic carbocycles. The van der Waals surface area contributed by atoms with Crippen molar-refractivity contribution in [3.05, 3.63) is 109 Å². The fraction of sp³-hybridized carbons (Fsp3) is 0.143. The molecule has 0 nitrogen and oxygen atoms in total. The summed E-state index contributed by atoms with van der Waals surface area (Å²) >= 11 is 0. The van der Waals surface area contributed by atoms with E-state index >= 15 is 0 Å². The van der Waals surface area contributed by atoms with Gasteiger partial charge in [0.25, 0.3) is 0 Å². The normalized spacial score (nSPS) is 11.4. The van der Waals surface area contributed by atoms with Crippen LogP contribution in [0.5, 0.6) is 0 Å². The van der Waals surface area contributed by atoms with Crippen LogP contribution >= 0.6 is 0 Å². The van der Waals surface area contributed by atoms with Crippen LogP contribution in [0.3, 0.4) is 0 Å². The van der Waals surface area contributed by atoms with Crippen LogP contribution in [0, 0.1) is 0 Å². The van der Waals surface area contributed by atoms with E-state index in [0.717, 1.165) is 0 Å². The van der Waals surface area contributed by atoms with Gasteiger partial charge in [-0.3, -0.25) is 0 Å². The van der Waals surface area contributed by atoms with Gasteiger partial charge in [-0.05, 0) is 50.4 Å². The summed E-state index contributed by atoms with van der Waals surface area (Å²) in [5.74, 6) is 0. The summed E-state index contributed by atoms with van der Waals surface area (Å²) in [6, 6.07) is 37.1. The lowest BCUT2D eigenvalue weighted by Crippen LogP contribution is -2.10. The molecule has 138 valence electrons. The van der Waals surface area contributed by atoms with Gasteiger partial charge in [-0.25, -0.2) is 0 Å². The maximum Gasteiger partial charge on any atom is -0.0105 e. The molecule has 4 rings (SSSR count). The summed E-state index contributed by atoms with van der Waals surface area (Å²) in [5, 5.41) is 0. The van der Waals surface area contributed by atoms with Gasteiger partial charge >= 0.3 is 0 Å². The lowest BCUT2D eigenvalue weighted by Gasteiger charge is -2.20. The molecule has 0 bridgehead atoms. The molecule has 0 fully saturated rings. The Labute approximate surface area is 168 Å². The zero-order valence-electron chi connectivity index (χ0n) is 16.8. The molecule has 0 amide bonds. The van der Waals surface area contributed by atoms with Crippen molar-refractivity contribution in [3.63, 3.8) is 0 Å². The van der Waals surface area contributed by atoms with Crippen LogP contribution in [0.2, 0.25) is 0 Å². The smallest absolute Gasteiger partial charge is 0.0105 e. The van der Waals surface area contributed by atoms with E-state index < -0.39 is 0 Å². The zero-order chi connectivity index (χ0) is 19.6. The summed E-state index contributed by atoms with van der Waals surface area (Å²) in [4.78, 5) is 0. The van der Waals surface area contributed by atoms with Crippen molar-refractivity contribution in [1.82, 2.24) is 0 Å². The summed E-state index contributed by atoms with van der Waals surface area (Å²) in [5.41, 5.74) is 9.06. The molecule has 0 aliphatic heterocycles. The van der Waals surface area contributed by atoms with Crippen molar-refractivity contribution in [3.8, 4) is 33.4 Å². The summed E-state index contributed by atoms with van der Waals surface area (Å²) < 4.78 is 0.